The van der Waals surface area contributed by atoms with Crippen LogP contribution < -0.4 is 10.2 Å². The second-order valence-corrected chi connectivity index (χ2v) is 8.10. The molecule has 5 nitrogen and oxygen atoms in total. The molecule has 0 spiro atoms. The summed E-state index contributed by atoms with van der Waals surface area (Å²) in [5.41, 5.74) is 3.47. The number of rotatable bonds is 6. The minimum absolute atomic E-state index is 0.0747. The zero-order chi connectivity index (χ0) is 19.9. The van der Waals surface area contributed by atoms with Gasteiger partial charge >= 0.3 is 0 Å². The summed E-state index contributed by atoms with van der Waals surface area (Å²) < 4.78 is 5.40. The minimum atomic E-state index is 0.0747. The minimum Gasteiger partial charge on any atom is -0.378 e. The molecule has 2 fully saturated rings. The van der Waals surface area contributed by atoms with Crippen molar-refractivity contribution in [3.63, 3.8) is 0 Å². The van der Waals surface area contributed by atoms with Gasteiger partial charge in [-0.3, -0.25) is 9.69 Å². The van der Waals surface area contributed by atoms with Gasteiger partial charge in [0.05, 0.1) is 19.8 Å². The van der Waals surface area contributed by atoms with Crippen LogP contribution in [0.3, 0.4) is 0 Å². The standard InChI is InChI=1S/C24H31N3O2/c28-24(25-22-6-8-23(9-7-22)27-14-16-29-17-15-27)19-26-12-10-21(11-13-26)18-20-4-2-1-3-5-20/h1-9,21H,10-19H2,(H,25,28). The highest BCUT2D eigenvalue weighted by molar-refractivity contribution is 5.92. The summed E-state index contributed by atoms with van der Waals surface area (Å²) in [5.74, 6) is 0.801. The SMILES string of the molecule is O=C(CN1CCC(Cc2ccccc2)CC1)Nc1ccc(N2CCOCC2)cc1. The fraction of sp³-hybridized carbons (Fsp3) is 0.458. The summed E-state index contributed by atoms with van der Waals surface area (Å²) in [6.45, 7) is 5.88. The van der Waals surface area contributed by atoms with Crippen LogP contribution in [0.2, 0.25) is 0 Å². The average Bonchev–Trinajstić information content (AvgIpc) is 2.77. The number of likely N-dealkylation sites (tertiary alicyclic amines) is 1. The molecule has 5 heteroatoms. The monoisotopic (exact) mass is 393 g/mol. The molecule has 4 rings (SSSR count). The first kappa shape index (κ1) is 19.9. The number of anilines is 2. The predicted molar refractivity (Wildman–Crippen MR) is 117 cm³/mol. The molecule has 0 radical (unpaired) electrons. The normalized spacial score (nSPS) is 18.6. The van der Waals surface area contributed by atoms with Crippen molar-refractivity contribution in [1.29, 1.82) is 0 Å². The molecule has 1 amide bonds. The lowest BCUT2D eigenvalue weighted by atomic mass is 9.90. The number of benzene rings is 2. The number of amides is 1. The fourth-order valence-corrected chi connectivity index (χ4v) is 4.28. The van der Waals surface area contributed by atoms with Crippen LogP contribution in [-0.2, 0) is 16.0 Å². The van der Waals surface area contributed by atoms with E-state index in [4.69, 9.17) is 4.74 Å². The zero-order valence-electron chi connectivity index (χ0n) is 17.1. The summed E-state index contributed by atoms with van der Waals surface area (Å²) in [7, 11) is 0. The van der Waals surface area contributed by atoms with Crippen LogP contribution in [0.4, 0.5) is 11.4 Å². The first-order valence-electron chi connectivity index (χ1n) is 10.8. The highest BCUT2D eigenvalue weighted by Crippen LogP contribution is 2.22. The van der Waals surface area contributed by atoms with Crippen LogP contribution in [-0.4, -0.2) is 56.7 Å². The van der Waals surface area contributed by atoms with Crippen molar-refractivity contribution in [3.8, 4) is 0 Å². The van der Waals surface area contributed by atoms with E-state index in [1.807, 2.05) is 12.1 Å². The Hall–Kier alpha value is -2.37. The predicted octanol–water partition coefficient (Wildman–Crippen LogP) is 3.42. The van der Waals surface area contributed by atoms with Gasteiger partial charge in [-0.1, -0.05) is 30.3 Å². The molecular formula is C24H31N3O2. The van der Waals surface area contributed by atoms with Crippen LogP contribution in [0, 0.1) is 5.92 Å². The van der Waals surface area contributed by atoms with Gasteiger partial charge in [-0.15, -0.1) is 0 Å². The van der Waals surface area contributed by atoms with E-state index in [1.54, 1.807) is 0 Å². The number of hydrogen-bond acceptors (Lipinski definition) is 4. The third kappa shape index (κ3) is 5.81. The maximum Gasteiger partial charge on any atom is 0.238 e. The first-order chi connectivity index (χ1) is 14.3. The number of hydrogen-bond donors (Lipinski definition) is 1. The van der Waals surface area contributed by atoms with E-state index in [0.29, 0.717) is 6.54 Å². The molecule has 0 saturated carbocycles. The number of nitrogens with zero attached hydrogens (tertiary/aromatic N) is 2. The summed E-state index contributed by atoms with van der Waals surface area (Å²) in [5, 5.41) is 3.05. The van der Waals surface area contributed by atoms with Gasteiger partial charge in [0.25, 0.3) is 0 Å². The van der Waals surface area contributed by atoms with Gasteiger partial charge in [-0.2, -0.15) is 0 Å². The average molecular weight is 394 g/mol. The lowest BCUT2D eigenvalue weighted by Crippen LogP contribution is -2.39. The molecule has 0 unspecified atom stereocenters. The smallest absolute Gasteiger partial charge is 0.238 e. The Morgan fingerprint density at radius 1 is 0.931 bits per heavy atom. The van der Waals surface area contributed by atoms with E-state index in [0.717, 1.165) is 70.3 Å². The van der Waals surface area contributed by atoms with Crippen LogP contribution in [0.15, 0.2) is 54.6 Å². The number of nitrogens with one attached hydrogen (secondary N) is 1. The van der Waals surface area contributed by atoms with Crippen molar-refractivity contribution >= 4 is 17.3 Å². The van der Waals surface area contributed by atoms with Gasteiger partial charge in [0, 0.05) is 24.5 Å². The topological polar surface area (TPSA) is 44.8 Å². The van der Waals surface area contributed by atoms with Crippen molar-refractivity contribution in [1.82, 2.24) is 4.90 Å². The highest BCUT2D eigenvalue weighted by Gasteiger charge is 2.21. The van der Waals surface area contributed by atoms with E-state index < -0.39 is 0 Å². The zero-order valence-corrected chi connectivity index (χ0v) is 17.1. The Morgan fingerprint density at radius 3 is 2.31 bits per heavy atom. The first-order valence-corrected chi connectivity index (χ1v) is 10.8. The van der Waals surface area contributed by atoms with Crippen LogP contribution >= 0.6 is 0 Å². The molecule has 0 aromatic heterocycles. The van der Waals surface area contributed by atoms with Gasteiger partial charge in [-0.25, -0.2) is 0 Å². The third-order valence-corrected chi connectivity index (χ3v) is 5.97. The summed E-state index contributed by atoms with van der Waals surface area (Å²) in [4.78, 5) is 17.1. The molecule has 0 atom stereocenters. The summed E-state index contributed by atoms with van der Waals surface area (Å²) >= 11 is 0. The molecule has 2 aromatic carbocycles. The molecular weight excluding hydrogens is 362 g/mol. The second-order valence-electron chi connectivity index (χ2n) is 8.10. The van der Waals surface area contributed by atoms with Crippen LogP contribution in [0.1, 0.15) is 18.4 Å². The quantitative estimate of drug-likeness (QED) is 0.817. The Bertz CT molecular complexity index is 764. The number of morpholine rings is 1. The maximum absolute atomic E-state index is 12.5. The molecule has 1 N–H and O–H groups in total. The van der Waals surface area contributed by atoms with E-state index in [1.165, 1.54) is 11.3 Å². The van der Waals surface area contributed by atoms with Crippen LogP contribution in [0.5, 0.6) is 0 Å². The summed E-state index contributed by atoms with van der Waals surface area (Å²) in [6, 6.07) is 18.9. The molecule has 2 aliphatic rings. The van der Waals surface area contributed by atoms with Gasteiger partial charge in [0.1, 0.15) is 0 Å². The van der Waals surface area contributed by atoms with Gasteiger partial charge in [0.2, 0.25) is 5.91 Å². The molecule has 2 heterocycles. The maximum atomic E-state index is 12.5. The van der Waals surface area contributed by atoms with E-state index >= 15 is 0 Å². The van der Waals surface area contributed by atoms with Gasteiger partial charge in [0.15, 0.2) is 0 Å². The Labute approximate surface area is 173 Å². The molecule has 2 aliphatic heterocycles. The Morgan fingerprint density at radius 2 is 1.62 bits per heavy atom. The Kier molecular flexibility index (Phi) is 6.80. The summed E-state index contributed by atoms with van der Waals surface area (Å²) in [6.07, 6.45) is 3.48. The molecule has 2 aromatic rings. The van der Waals surface area contributed by atoms with E-state index in [9.17, 15) is 4.79 Å². The molecule has 29 heavy (non-hydrogen) atoms. The van der Waals surface area contributed by atoms with E-state index in [-0.39, 0.29) is 5.91 Å². The number of piperidine rings is 1. The number of carbonyl (C=O) groups is 1. The third-order valence-electron chi connectivity index (χ3n) is 5.97. The number of carbonyl (C=O) groups excluding carboxylic acids is 1. The van der Waals surface area contributed by atoms with Crippen molar-refractivity contribution in [2.75, 3.05) is 56.2 Å². The van der Waals surface area contributed by atoms with Crippen LogP contribution in [0.25, 0.3) is 0 Å². The van der Waals surface area contributed by atoms with Crippen molar-refractivity contribution in [3.05, 3.63) is 60.2 Å². The molecule has 2 saturated heterocycles. The second kappa shape index (κ2) is 9.90. The molecule has 154 valence electrons. The highest BCUT2D eigenvalue weighted by atomic mass is 16.5. The van der Waals surface area contributed by atoms with Crippen molar-refractivity contribution in [2.45, 2.75) is 19.3 Å². The molecule has 0 bridgehead atoms. The van der Waals surface area contributed by atoms with Crippen molar-refractivity contribution in [2.24, 2.45) is 5.92 Å². The Balaban J connectivity index is 1.20. The molecule has 0 aliphatic carbocycles. The van der Waals surface area contributed by atoms with E-state index in [2.05, 4.69) is 57.6 Å². The van der Waals surface area contributed by atoms with Crippen molar-refractivity contribution < 1.29 is 9.53 Å². The van der Waals surface area contributed by atoms with Gasteiger partial charge < -0.3 is 15.0 Å². The van der Waals surface area contributed by atoms with Gasteiger partial charge in [-0.05, 0) is 68.1 Å². The number of ether oxygens (including phenoxy) is 1. The largest absolute Gasteiger partial charge is 0.378 e. The fourth-order valence-electron chi connectivity index (χ4n) is 4.28. The lowest BCUT2D eigenvalue weighted by Gasteiger charge is -2.31. The lowest BCUT2D eigenvalue weighted by molar-refractivity contribution is -0.117.